The third kappa shape index (κ3) is 2.07. The lowest BCUT2D eigenvalue weighted by Gasteiger charge is -2.13. The van der Waals surface area contributed by atoms with Crippen molar-refractivity contribution in [2.45, 2.75) is 25.3 Å². The van der Waals surface area contributed by atoms with Crippen LogP contribution in [0.2, 0.25) is 5.02 Å². The number of carbonyl (C=O) groups is 1. The molecule has 1 aromatic rings. The average Bonchev–Trinajstić information content (AvgIpc) is 2.88. The first-order valence-corrected chi connectivity index (χ1v) is 5.26. The second-order valence-electron chi connectivity index (χ2n) is 4.22. The van der Waals surface area contributed by atoms with Crippen molar-refractivity contribution < 1.29 is 4.79 Å². The first kappa shape index (κ1) is 10.3. The highest BCUT2D eigenvalue weighted by molar-refractivity contribution is 6.33. The maximum absolute atomic E-state index is 11.8. The van der Waals surface area contributed by atoms with E-state index in [-0.39, 0.29) is 11.4 Å². The molecule has 15 heavy (non-hydrogen) atoms. The largest absolute Gasteiger partial charge is 0.397 e. The monoisotopic (exact) mass is 224 g/mol. The van der Waals surface area contributed by atoms with Crippen molar-refractivity contribution in [3.8, 4) is 0 Å². The molecule has 0 aliphatic heterocycles. The highest BCUT2D eigenvalue weighted by Gasteiger charge is 2.39. The van der Waals surface area contributed by atoms with Crippen LogP contribution in [0.3, 0.4) is 0 Å². The first-order chi connectivity index (χ1) is 7.02. The lowest BCUT2D eigenvalue weighted by molar-refractivity contribution is 0.0936. The number of nitrogens with two attached hydrogens (primary N) is 1. The number of halogens is 1. The quantitative estimate of drug-likeness (QED) is 0.757. The van der Waals surface area contributed by atoms with Gasteiger partial charge < -0.3 is 11.1 Å². The summed E-state index contributed by atoms with van der Waals surface area (Å²) in [5, 5.41) is 3.36. The molecule has 0 atom stereocenters. The molecule has 2 rings (SSSR count). The van der Waals surface area contributed by atoms with Gasteiger partial charge in [0.25, 0.3) is 5.91 Å². The molecule has 1 saturated carbocycles. The number of benzene rings is 1. The number of para-hydroxylation sites is 1. The minimum absolute atomic E-state index is 0.0359. The predicted octanol–water partition coefficient (Wildman–Crippen LogP) is 2.20. The fraction of sp³-hybridized carbons (Fsp3) is 0.364. The van der Waals surface area contributed by atoms with Crippen LogP contribution in [0.25, 0.3) is 0 Å². The summed E-state index contributed by atoms with van der Waals surface area (Å²) >= 11 is 5.84. The second kappa shape index (κ2) is 3.42. The van der Waals surface area contributed by atoms with Crippen molar-refractivity contribution >= 4 is 23.2 Å². The Bertz CT molecular complexity index is 413. The molecular weight excluding hydrogens is 212 g/mol. The maximum Gasteiger partial charge on any atom is 0.253 e. The molecule has 1 aliphatic carbocycles. The number of hydrogen-bond donors (Lipinski definition) is 2. The van der Waals surface area contributed by atoms with Crippen molar-refractivity contribution in [1.29, 1.82) is 0 Å². The van der Waals surface area contributed by atoms with Gasteiger partial charge in [0.1, 0.15) is 0 Å². The van der Waals surface area contributed by atoms with Crippen molar-refractivity contribution in [1.82, 2.24) is 5.32 Å². The first-order valence-electron chi connectivity index (χ1n) is 4.88. The molecule has 0 saturated heterocycles. The van der Waals surface area contributed by atoms with Crippen LogP contribution in [0.5, 0.6) is 0 Å². The van der Waals surface area contributed by atoms with E-state index < -0.39 is 0 Å². The van der Waals surface area contributed by atoms with E-state index in [9.17, 15) is 4.79 Å². The molecule has 1 aromatic carbocycles. The third-order valence-corrected chi connectivity index (χ3v) is 3.04. The van der Waals surface area contributed by atoms with Gasteiger partial charge in [0.2, 0.25) is 0 Å². The van der Waals surface area contributed by atoms with Crippen molar-refractivity contribution in [3.05, 3.63) is 28.8 Å². The number of nitrogen functional groups attached to an aromatic ring is 1. The summed E-state index contributed by atoms with van der Waals surface area (Å²) in [6, 6.07) is 5.08. The normalized spacial score (nSPS) is 17.2. The van der Waals surface area contributed by atoms with Crippen molar-refractivity contribution in [2.24, 2.45) is 0 Å². The topological polar surface area (TPSA) is 55.1 Å². The highest BCUT2D eigenvalue weighted by Crippen LogP contribution is 2.35. The van der Waals surface area contributed by atoms with Crippen LogP contribution in [0.1, 0.15) is 30.1 Å². The number of amides is 1. The van der Waals surface area contributed by atoms with E-state index in [0.717, 1.165) is 12.8 Å². The van der Waals surface area contributed by atoms with Crippen molar-refractivity contribution in [3.63, 3.8) is 0 Å². The Hall–Kier alpha value is -1.22. The average molecular weight is 225 g/mol. The molecule has 0 bridgehead atoms. The van der Waals surface area contributed by atoms with Crippen LogP contribution in [-0.4, -0.2) is 11.4 Å². The van der Waals surface area contributed by atoms with Crippen LogP contribution < -0.4 is 11.1 Å². The Morgan fingerprint density at radius 1 is 1.53 bits per heavy atom. The van der Waals surface area contributed by atoms with E-state index >= 15 is 0 Å². The van der Waals surface area contributed by atoms with E-state index in [4.69, 9.17) is 17.3 Å². The van der Waals surface area contributed by atoms with Gasteiger partial charge >= 0.3 is 0 Å². The van der Waals surface area contributed by atoms with Gasteiger partial charge in [-0.3, -0.25) is 4.79 Å². The van der Waals surface area contributed by atoms with Gasteiger partial charge in [-0.2, -0.15) is 0 Å². The van der Waals surface area contributed by atoms with E-state index in [0.29, 0.717) is 16.3 Å². The molecule has 0 radical (unpaired) electrons. The van der Waals surface area contributed by atoms with Crippen LogP contribution in [0.4, 0.5) is 5.69 Å². The van der Waals surface area contributed by atoms with E-state index in [1.807, 2.05) is 6.92 Å². The van der Waals surface area contributed by atoms with E-state index in [2.05, 4.69) is 5.32 Å². The molecule has 1 aliphatic rings. The zero-order valence-electron chi connectivity index (χ0n) is 8.51. The summed E-state index contributed by atoms with van der Waals surface area (Å²) in [6.07, 6.45) is 2.05. The molecule has 3 N–H and O–H groups in total. The summed E-state index contributed by atoms with van der Waals surface area (Å²) < 4.78 is 0. The van der Waals surface area contributed by atoms with E-state index in [1.54, 1.807) is 18.2 Å². The summed E-state index contributed by atoms with van der Waals surface area (Å²) in [6.45, 7) is 2.02. The molecule has 0 aromatic heterocycles. The maximum atomic E-state index is 11.8. The Morgan fingerprint density at radius 3 is 2.80 bits per heavy atom. The minimum atomic E-state index is -0.144. The lowest BCUT2D eigenvalue weighted by atomic mass is 10.1. The van der Waals surface area contributed by atoms with Crippen LogP contribution in [-0.2, 0) is 0 Å². The minimum Gasteiger partial charge on any atom is -0.397 e. The molecule has 4 heteroatoms. The van der Waals surface area contributed by atoms with Gasteiger partial charge in [-0.15, -0.1) is 0 Å². The summed E-state index contributed by atoms with van der Waals surface area (Å²) in [4.78, 5) is 11.8. The lowest BCUT2D eigenvalue weighted by Crippen LogP contribution is -2.34. The Morgan fingerprint density at radius 2 is 2.20 bits per heavy atom. The van der Waals surface area contributed by atoms with Gasteiger partial charge in [-0.1, -0.05) is 17.7 Å². The van der Waals surface area contributed by atoms with Crippen molar-refractivity contribution in [2.75, 3.05) is 5.73 Å². The number of anilines is 1. The number of nitrogens with one attached hydrogen (secondary N) is 1. The summed E-state index contributed by atoms with van der Waals surface area (Å²) in [5.41, 5.74) is 6.50. The van der Waals surface area contributed by atoms with Gasteiger partial charge in [0.15, 0.2) is 0 Å². The van der Waals surface area contributed by atoms with Crippen LogP contribution in [0.15, 0.2) is 18.2 Å². The predicted molar refractivity (Wildman–Crippen MR) is 61.0 cm³/mol. The molecule has 80 valence electrons. The Balaban J connectivity index is 2.21. The van der Waals surface area contributed by atoms with Gasteiger partial charge in [-0.25, -0.2) is 0 Å². The zero-order valence-corrected chi connectivity index (χ0v) is 9.27. The van der Waals surface area contributed by atoms with Crippen LogP contribution in [0, 0.1) is 0 Å². The van der Waals surface area contributed by atoms with Gasteiger partial charge in [0.05, 0.1) is 16.3 Å². The SMILES string of the molecule is CC1(NC(=O)c2cccc(Cl)c2N)CC1. The standard InChI is InChI=1S/C11H13ClN2O/c1-11(5-6-11)14-10(15)7-3-2-4-8(12)9(7)13/h2-4H,5-6,13H2,1H3,(H,14,15). The Labute approximate surface area is 93.6 Å². The number of hydrogen-bond acceptors (Lipinski definition) is 2. The Kier molecular flexibility index (Phi) is 2.35. The van der Waals surface area contributed by atoms with Gasteiger partial charge in [0, 0.05) is 5.54 Å². The van der Waals surface area contributed by atoms with E-state index in [1.165, 1.54) is 0 Å². The zero-order chi connectivity index (χ0) is 11.1. The van der Waals surface area contributed by atoms with Gasteiger partial charge in [-0.05, 0) is 31.9 Å². The molecule has 1 fully saturated rings. The fourth-order valence-electron chi connectivity index (χ4n) is 1.39. The molecule has 1 amide bonds. The number of carbonyl (C=O) groups excluding carboxylic acids is 1. The molecule has 0 unspecified atom stereocenters. The molecule has 3 nitrogen and oxygen atoms in total. The summed E-state index contributed by atoms with van der Waals surface area (Å²) in [7, 11) is 0. The van der Waals surface area contributed by atoms with Crippen LogP contribution >= 0.6 is 11.6 Å². The number of rotatable bonds is 2. The highest BCUT2D eigenvalue weighted by atomic mass is 35.5. The molecule has 0 heterocycles. The third-order valence-electron chi connectivity index (χ3n) is 2.71. The molecular formula is C11H13ClN2O. The molecule has 0 spiro atoms. The summed E-state index contributed by atoms with van der Waals surface area (Å²) in [5.74, 6) is -0.144. The fourth-order valence-corrected chi connectivity index (χ4v) is 1.56. The smallest absolute Gasteiger partial charge is 0.253 e. The second-order valence-corrected chi connectivity index (χ2v) is 4.62.